The number of hydrogen-bond donors (Lipinski definition) is 1. The molecule has 23 heavy (non-hydrogen) atoms. The van der Waals surface area contributed by atoms with Gasteiger partial charge in [-0.3, -0.25) is 4.90 Å². The topological polar surface area (TPSA) is 26.7 Å². The fraction of sp³-hybridized carbons (Fsp3) is 0.700. The molecular formula is C20H34N2O. The molecule has 1 atom stereocenters. The number of rotatable bonds is 6. The molecule has 0 aliphatic carbocycles. The number of aliphatic hydroxyl groups is 1. The van der Waals surface area contributed by atoms with E-state index in [4.69, 9.17) is 0 Å². The van der Waals surface area contributed by atoms with Gasteiger partial charge in [0.25, 0.3) is 0 Å². The SMILES string of the molecule is CN(C)[C@H]1CCCN(Cc2ccc(CCC(C)(C)O)cc2)CC1. The van der Waals surface area contributed by atoms with E-state index in [0.717, 1.165) is 25.4 Å². The van der Waals surface area contributed by atoms with E-state index in [0.29, 0.717) is 0 Å². The van der Waals surface area contributed by atoms with Crippen LogP contribution in [-0.2, 0) is 13.0 Å². The molecule has 0 saturated carbocycles. The van der Waals surface area contributed by atoms with Crippen LogP contribution in [0.15, 0.2) is 24.3 Å². The molecule has 130 valence electrons. The van der Waals surface area contributed by atoms with Crippen molar-refractivity contribution in [2.45, 2.75) is 64.1 Å². The molecule has 3 nitrogen and oxygen atoms in total. The highest BCUT2D eigenvalue weighted by molar-refractivity contribution is 5.22. The summed E-state index contributed by atoms with van der Waals surface area (Å²) in [6, 6.07) is 9.70. The van der Waals surface area contributed by atoms with E-state index < -0.39 is 5.60 Å². The van der Waals surface area contributed by atoms with Crippen molar-refractivity contribution in [3.8, 4) is 0 Å². The summed E-state index contributed by atoms with van der Waals surface area (Å²) in [5.74, 6) is 0. The van der Waals surface area contributed by atoms with Crippen LogP contribution in [-0.4, -0.2) is 53.7 Å². The molecule has 0 bridgehead atoms. The molecule has 0 aromatic heterocycles. The van der Waals surface area contributed by atoms with Gasteiger partial charge in [-0.2, -0.15) is 0 Å². The van der Waals surface area contributed by atoms with Crippen LogP contribution in [0.5, 0.6) is 0 Å². The summed E-state index contributed by atoms with van der Waals surface area (Å²) in [7, 11) is 4.40. The zero-order valence-corrected chi connectivity index (χ0v) is 15.4. The lowest BCUT2D eigenvalue weighted by Gasteiger charge is -2.23. The van der Waals surface area contributed by atoms with Gasteiger partial charge in [0.15, 0.2) is 0 Å². The molecule has 0 radical (unpaired) electrons. The Kier molecular flexibility index (Phi) is 6.63. The molecule has 1 fully saturated rings. The lowest BCUT2D eigenvalue weighted by atomic mass is 9.98. The predicted octanol–water partition coefficient (Wildman–Crippen LogP) is 3.31. The Bertz CT molecular complexity index is 462. The van der Waals surface area contributed by atoms with Gasteiger partial charge >= 0.3 is 0 Å². The van der Waals surface area contributed by atoms with Crippen LogP contribution in [0, 0.1) is 0 Å². The number of hydrogen-bond acceptors (Lipinski definition) is 3. The molecule has 2 rings (SSSR count). The zero-order valence-electron chi connectivity index (χ0n) is 15.4. The highest BCUT2D eigenvalue weighted by Gasteiger charge is 2.18. The molecule has 1 aliphatic heterocycles. The van der Waals surface area contributed by atoms with Gasteiger partial charge in [0, 0.05) is 12.6 Å². The summed E-state index contributed by atoms with van der Waals surface area (Å²) in [5.41, 5.74) is 2.15. The Morgan fingerprint density at radius 3 is 2.35 bits per heavy atom. The van der Waals surface area contributed by atoms with Crippen LogP contribution >= 0.6 is 0 Å². The Hall–Kier alpha value is -0.900. The van der Waals surface area contributed by atoms with Crippen molar-refractivity contribution in [2.75, 3.05) is 27.2 Å². The van der Waals surface area contributed by atoms with Gasteiger partial charge < -0.3 is 10.0 Å². The first kappa shape index (κ1) is 18.4. The van der Waals surface area contributed by atoms with Crippen molar-refractivity contribution in [3.05, 3.63) is 35.4 Å². The Morgan fingerprint density at radius 1 is 1.09 bits per heavy atom. The Balaban J connectivity index is 1.83. The minimum atomic E-state index is -0.576. The van der Waals surface area contributed by atoms with Crippen molar-refractivity contribution in [2.24, 2.45) is 0 Å². The summed E-state index contributed by atoms with van der Waals surface area (Å²) in [5, 5.41) is 9.83. The van der Waals surface area contributed by atoms with Crippen LogP contribution in [0.25, 0.3) is 0 Å². The average Bonchev–Trinajstić information content (AvgIpc) is 2.71. The van der Waals surface area contributed by atoms with E-state index in [1.54, 1.807) is 0 Å². The molecule has 0 spiro atoms. The zero-order chi connectivity index (χ0) is 16.9. The highest BCUT2D eigenvalue weighted by Crippen LogP contribution is 2.18. The summed E-state index contributed by atoms with van der Waals surface area (Å²) >= 11 is 0. The smallest absolute Gasteiger partial charge is 0.0594 e. The molecule has 1 aromatic carbocycles. The minimum Gasteiger partial charge on any atom is -0.390 e. The fourth-order valence-electron chi connectivity index (χ4n) is 3.33. The van der Waals surface area contributed by atoms with Gasteiger partial charge in [0.1, 0.15) is 0 Å². The van der Waals surface area contributed by atoms with Crippen LogP contribution in [0.3, 0.4) is 0 Å². The first-order chi connectivity index (χ1) is 10.8. The molecule has 0 amide bonds. The lowest BCUT2D eigenvalue weighted by molar-refractivity contribution is 0.0714. The van der Waals surface area contributed by atoms with E-state index in [-0.39, 0.29) is 0 Å². The van der Waals surface area contributed by atoms with E-state index in [2.05, 4.69) is 48.2 Å². The molecule has 1 aliphatic rings. The maximum atomic E-state index is 9.83. The summed E-state index contributed by atoms with van der Waals surface area (Å²) in [6.07, 6.45) is 5.64. The Labute approximate surface area is 142 Å². The second-order valence-corrected chi connectivity index (χ2v) is 7.95. The molecular weight excluding hydrogens is 284 g/mol. The van der Waals surface area contributed by atoms with Crippen LogP contribution in [0.4, 0.5) is 0 Å². The largest absolute Gasteiger partial charge is 0.390 e. The van der Waals surface area contributed by atoms with Crippen molar-refractivity contribution >= 4 is 0 Å². The quantitative estimate of drug-likeness (QED) is 0.872. The molecule has 1 N–H and O–H groups in total. The Morgan fingerprint density at radius 2 is 1.74 bits per heavy atom. The van der Waals surface area contributed by atoms with Gasteiger partial charge in [-0.05, 0) is 84.3 Å². The molecule has 3 heteroatoms. The van der Waals surface area contributed by atoms with Crippen LogP contribution in [0.2, 0.25) is 0 Å². The summed E-state index contributed by atoms with van der Waals surface area (Å²) in [6.45, 7) is 7.23. The van der Waals surface area contributed by atoms with E-state index >= 15 is 0 Å². The standard InChI is InChI=1S/C20H34N2O/c1-20(2,23)13-11-17-7-9-18(10-8-17)16-22-14-5-6-19(12-15-22)21(3)4/h7-10,19,23H,5-6,11-16H2,1-4H3/t19-/m0/s1. The third kappa shape index (κ3) is 6.62. The molecule has 1 saturated heterocycles. The van der Waals surface area contributed by atoms with Crippen molar-refractivity contribution in [3.63, 3.8) is 0 Å². The van der Waals surface area contributed by atoms with E-state index in [9.17, 15) is 5.11 Å². The maximum Gasteiger partial charge on any atom is 0.0594 e. The fourth-order valence-corrected chi connectivity index (χ4v) is 3.33. The third-order valence-corrected chi connectivity index (χ3v) is 4.98. The van der Waals surface area contributed by atoms with Gasteiger partial charge in [0.05, 0.1) is 5.60 Å². The normalized spacial score (nSPS) is 20.7. The van der Waals surface area contributed by atoms with Crippen molar-refractivity contribution < 1.29 is 5.11 Å². The van der Waals surface area contributed by atoms with Gasteiger partial charge in [0.2, 0.25) is 0 Å². The number of likely N-dealkylation sites (tertiary alicyclic amines) is 1. The monoisotopic (exact) mass is 318 g/mol. The average molecular weight is 319 g/mol. The van der Waals surface area contributed by atoms with Gasteiger partial charge in [-0.25, -0.2) is 0 Å². The number of benzene rings is 1. The molecule has 0 unspecified atom stereocenters. The molecule has 1 aromatic rings. The lowest BCUT2D eigenvalue weighted by Crippen LogP contribution is -2.29. The summed E-state index contributed by atoms with van der Waals surface area (Å²) < 4.78 is 0. The summed E-state index contributed by atoms with van der Waals surface area (Å²) in [4.78, 5) is 4.97. The van der Waals surface area contributed by atoms with Crippen molar-refractivity contribution in [1.82, 2.24) is 9.80 Å². The number of nitrogens with zero attached hydrogens (tertiary/aromatic N) is 2. The minimum absolute atomic E-state index is 0.576. The molecule has 1 heterocycles. The van der Waals surface area contributed by atoms with Crippen LogP contribution < -0.4 is 0 Å². The number of aryl methyl sites for hydroxylation is 1. The first-order valence-corrected chi connectivity index (χ1v) is 9.02. The maximum absolute atomic E-state index is 9.83. The van der Waals surface area contributed by atoms with Gasteiger partial charge in [-0.1, -0.05) is 24.3 Å². The van der Waals surface area contributed by atoms with E-state index in [1.165, 1.54) is 43.5 Å². The third-order valence-electron chi connectivity index (χ3n) is 4.98. The van der Waals surface area contributed by atoms with Gasteiger partial charge in [-0.15, -0.1) is 0 Å². The second-order valence-electron chi connectivity index (χ2n) is 7.95. The predicted molar refractivity (Wildman–Crippen MR) is 97.7 cm³/mol. The second kappa shape index (κ2) is 8.27. The van der Waals surface area contributed by atoms with Crippen LogP contribution in [0.1, 0.15) is 50.7 Å². The van der Waals surface area contributed by atoms with E-state index in [1.807, 2.05) is 13.8 Å². The first-order valence-electron chi connectivity index (χ1n) is 9.02. The van der Waals surface area contributed by atoms with Crippen molar-refractivity contribution in [1.29, 1.82) is 0 Å². The highest BCUT2D eigenvalue weighted by atomic mass is 16.3.